The molecule has 0 spiro atoms. The highest BCUT2D eigenvalue weighted by atomic mass is 16.6. The van der Waals surface area contributed by atoms with Crippen molar-refractivity contribution in [1.82, 2.24) is 0 Å². The number of ether oxygens (including phenoxy) is 3. The van der Waals surface area contributed by atoms with Gasteiger partial charge in [-0.3, -0.25) is 14.4 Å². The van der Waals surface area contributed by atoms with Gasteiger partial charge in [-0.2, -0.15) is 0 Å². The number of carbonyl (C=O) groups is 3. The molecule has 0 aromatic carbocycles. The number of unbranched alkanes of at least 4 members (excludes halogenated alkanes) is 22. The van der Waals surface area contributed by atoms with Crippen molar-refractivity contribution in [3.63, 3.8) is 0 Å². The van der Waals surface area contributed by atoms with Crippen molar-refractivity contribution in [2.75, 3.05) is 13.2 Å². The molecule has 0 aliphatic heterocycles. The minimum absolute atomic E-state index is 0.0916. The van der Waals surface area contributed by atoms with E-state index in [1.807, 2.05) is 0 Å². The lowest BCUT2D eigenvalue weighted by atomic mass is 10.1. The summed E-state index contributed by atoms with van der Waals surface area (Å²) < 4.78 is 16.6. The van der Waals surface area contributed by atoms with Crippen LogP contribution in [0.25, 0.3) is 0 Å². The summed E-state index contributed by atoms with van der Waals surface area (Å²) in [6.45, 7) is 6.44. The summed E-state index contributed by atoms with van der Waals surface area (Å²) in [6.07, 6.45) is 51.0. The third kappa shape index (κ3) is 42.4. The van der Waals surface area contributed by atoms with Crippen LogP contribution in [-0.4, -0.2) is 37.2 Å². The molecule has 0 rings (SSSR count). The van der Waals surface area contributed by atoms with Gasteiger partial charge in [-0.25, -0.2) is 0 Å². The molecule has 0 bridgehead atoms. The summed E-state index contributed by atoms with van der Waals surface area (Å²) in [5.41, 5.74) is 0. The van der Waals surface area contributed by atoms with Crippen molar-refractivity contribution in [3.05, 3.63) is 48.6 Å². The number of carbonyl (C=O) groups excluding carboxylic acids is 3. The molecular weight excluding hydrogens is 685 g/mol. The third-order valence-electron chi connectivity index (χ3n) is 9.79. The van der Waals surface area contributed by atoms with E-state index in [0.29, 0.717) is 19.3 Å². The summed E-state index contributed by atoms with van der Waals surface area (Å²) >= 11 is 0. The zero-order chi connectivity index (χ0) is 40.1. The average Bonchev–Trinajstić information content (AvgIpc) is 3.18. The highest BCUT2D eigenvalue weighted by molar-refractivity contribution is 5.71. The molecule has 1 unspecified atom stereocenters. The van der Waals surface area contributed by atoms with Gasteiger partial charge in [-0.15, -0.1) is 0 Å². The monoisotopic (exact) mass is 771 g/mol. The maximum atomic E-state index is 12.7. The molecule has 0 aliphatic carbocycles. The molecule has 6 nitrogen and oxygen atoms in total. The van der Waals surface area contributed by atoms with Gasteiger partial charge in [0.15, 0.2) is 6.10 Å². The minimum atomic E-state index is -0.791. The van der Waals surface area contributed by atoms with Crippen LogP contribution in [-0.2, 0) is 28.6 Å². The summed E-state index contributed by atoms with van der Waals surface area (Å²) in [7, 11) is 0. The lowest BCUT2D eigenvalue weighted by Gasteiger charge is -2.18. The Labute approximate surface area is 339 Å². The van der Waals surface area contributed by atoms with Crippen LogP contribution in [0.2, 0.25) is 0 Å². The van der Waals surface area contributed by atoms with Crippen LogP contribution in [0.4, 0.5) is 0 Å². The Bertz CT molecular complexity index is 980. The van der Waals surface area contributed by atoms with E-state index in [4.69, 9.17) is 14.2 Å². The fourth-order valence-corrected chi connectivity index (χ4v) is 6.29. The molecule has 318 valence electrons. The standard InChI is InChI=1S/C49H86O6/c1-4-7-10-13-16-19-21-23-24-26-27-30-33-36-39-42-48(51)54-45-46(44-53-47(50)41-38-35-32-29-18-15-12-9-6-3)55-49(52)43-40-37-34-31-28-25-22-20-17-14-11-8-5-2/h9,12,18-19,21,25,28-29,46H,4-8,10-11,13-17,20,22-24,26-27,30-45H2,1-3H3/b12-9-,21-19-,28-25-,29-18-. The fraction of sp³-hybridized carbons (Fsp3) is 0.776. The summed E-state index contributed by atoms with van der Waals surface area (Å²) in [5.74, 6) is -0.951. The normalized spacial score (nSPS) is 12.4. The number of hydrogen-bond donors (Lipinski definition) is 0. The molecule has 1 atom stereocenters. The highest BCUT2D eigenvalue weighted by Gasteiger charge is 2.19. The van der Waals surface area contributed by atoms with Gasteiger partial charge in [-0.1, -0.05) is 159 Å². The van der Waals surface area contributed by atoms with E-state index in [0.717, 1.165) is 83.5 Å². The average molecular weight is 771 g/mol. The van der Waals surface area contributed by atoms with Crippen LogP contribution in [0.15, 0.2) is 48.6 Å². The number of rotatable bonds is 41. The Hall–Kier alpha value is -2.63. The van der Waals surface area contributed by atoms with Gasteiger partial charge in [0.05, 0.1) is 0 Å². The molecule has 55 heavy (non-hydrogen) atoms. The number of allylic oxidation sites excluding steroid dienone is 8. The first-order chi connectivity index (χ1) is 27.0. The maximum Gasteiger partial charge on any atom is 0.306 e. The van der Waals surface area contributed by atoms with Gasteiger partial charge in [0, 0.05) is 19.3 Å². The molecule has 6 heteroatoms. The van der Waals surface area contributed by atoms with Gasteiger partial charge in [0.1, 0.15) is 13.2 Å². The number of hydrogen-bond acceptors (Lipinski definition) is 6. The molecule has 0 N–H and O–H groups in total. The first kappa shape index (κ1) is 52.4. The largest absolute Gasteiger partial charge is 0.462 e. The van der Waals surface area contributed by atoms with Gasteiger partial charge < -0.3 is 14.2 Å². The van der Waals surface area contributed by atoms with Crippen molar-refractivity contribution >= 4 is 17.9 Å². The summed E-state index contributed by atoms with van der Waals surface area (Å²) in [6, 6.07) is 0. The molecule has 0 aromatic heterocycles. The van der Waals surface area contributed by atoms with Crippen LogP contribution in [0, 0.1) is 0 Å². The lowest BCUT2D eigenvalue weighted by Crippen LogP contribution is -2.30. The Kier molecular flexibility index (Phi) is 42.0. The smallest absolute Gasteiger partial charge is 0.306 e. The third-order valence-corrected chi connectivity index (χ3v) is 9.79. The zero-order valence-corrected chi connectivity index (χ0v) is 36.2. The maximum absolute atomic E-state index is 12.7. The van der Waals surface area contributed by atoms with E-state index in [-0.39, 0.29) is 31.1 Å². The molecule has 0 saturated heterocycles. The lowest BCUT2D eigenvalue weighted by molar-refractivity contribution is -0.167. The summed E-state index contributed by atoms with van der Waals surface area (Å²) in [5, 5.41) is 0. The Balaban J connectivity index is 4.39. The second-order valence-corrected chi connectivity index (χ2v) is 15.3. The molecule has 0 fully saturated rings. The second kappa shape index (κ2) is 44.1. The Morgan fingerprint density at radius 2 is 0.709 bits per heavy atom. The van der Waals surface area contributed by atoms with Crippen molar-refractivity contribution in [2.45, 2.75) is 232 Å². The van der Waals surface area contributed by atoms with Crippen LogP contribution in [0.3, 0.4) is 0 Å². The van der Waals surface area contributed by atoms with E-state index in [1.165, 1.54) is 103 Å². The fourth-order valence-electron chi connectivity index (χ4n) is 6.29. The number of esters is 3. The van der Waals surface area contributed by atoms with E-state index in [9.17, 15) is 14.4 Å². The first-order valence-corrected chi connectivity index (χ1v) is 23.1. The first-order valence-electron chi connectivity index (χ1n) is 23.1. The predicted molar refractivity (Wildman–Crippen MR) is 233 cm³/mol. The van der Waals surface area contributed by atoms with Gasteiger partial charge in [-0.05, 0) is 96.3 Å². The highest BCUT2D eigenvalue weighted by Crippen LogP contribution is 2.13. The molecule has 0 radical (unpaired) electrons. The van der Waals surface area contributed by atoms with E-state index in [1.54, 1.807) is 0 Å². The SMILES string of the molecule is CC/C=C\C/C=C\CCCCC(=O)OCC(COC(=O)CCCCCCCCC/C=C\CCCCCC)OC(=O)CCCCC/C=C\CCCCCCCC. The van der Waals surface area contributed by atoms with Crippen molar-refractivity contribution in [1.29, 1.82) is 0 Å². The van der Waals surface area contributed by atoms with Crippen molar-refractivity contribution in [2.24, 2.45) is 0 Å². The van der Waals surface area contributed by atoms with Gasteiger partial charge in [0.25, 0.3) is 0 Å². The predicted octanol–water partition coefficient (Wildman–Crippen LogP) is 14.8. The van der Waals surface area contributed by atoms with E-state index in [2.05, 4.69) is 69.4 Å². The van der Waals surface area contributed by atoms with Gasteiger partial charge in [0.2, 0.25) is 0 Å². The quantitative estimate of drug-likeness (QED) is 0.0267. The molecular formula is C49H86O6. The molecule has 0 saturated carbocycles. The van der Waals surface area contributed by atoms with E-state index >= 15 is 0 Å². The summed E-state index contributed by atoms with van der Waals surface area (Å²) in [4.78, 5) is 37.7. The second-order valence-electron chi connectivity index (χ2n) is 15.3. The molecule has 0 heterocycles. The van der Waals surface area contributed by atoms with Gasteiger partial charge >= 0.3 is 17.9 Å². The molecule has 0 aromatic rings. The van der Waals surface area contributed by atoms with E-state index < -0.39 is 6.10 Å². The minimum Gasteiger partial charge on any atom is -0.462 e. The zero-order valence-electron chi connectivity index (χ0n) is 36.2. The van der Waals surface area contributed by atoms with Crippen molar-refractivity contribution in [3.8, 4) is 0 Å². The Morgan fingerprint density at radius 1 is 0.382 bits per heavy atom. The Morgan fingerprint density at radius 3 is 1.18 bits per heavy atom. The van der Waals surface area contributed by atoms with Crippen LogP contribution in [0.5, 0.6) is 0 Å². The van der Waals surface area contributed by atoms with Crippen LogP contribution < -0.4 is 0 Å². The molecule has 0 aliphatic rings. The van der Waals surface area contributed by atoms with Crippen LogP contribution in [0.1, 0.15) is 226 Å². The van der Waals surface area contributed by atoms with Crippen LogP contribution >= 0.6 is 0 Å². The topological polar surface area (TPSA) is 78.9 Å². The van der Waals surface area contributed by atoms with Crippen molar-refractivity contribution < 1.29 is 28.6 Å². The molecule has 0 amide bonds.